The maximum atomic E-state index is 14.1. The van der Waals surface area contributed by atoms with E-state index in [0.29, 0.717) is 0 Å². The Hall–Kier alpha value is -2.81. The van der Waals surface area contributed by atoms with Crippen LogP contribution in [0, 0.1) is 0 Å². The number of likely N-dealkylation sites (N-methyl/N-ethyl adjacent to an activating group) is 2. The highest BCUT2D eigenvalue weighted by Gasteiger charge is 2.45. The molecule has 0 amide bonds. The second-order valence-electron chi connectivity index (χ2n) is 10.2. The highest BCUT2D eigenvalue weighted by Crippen LogP contribution is 2.52. The molecule has 160 valence electrons. The van der Waals surface area contributed by atoms with Crippen LogP contribution in [-0.2, 0) is 15.6 Å². The molecule has 2 aromatic rings. The van der Waals surface area contributed by atoms with E-state index >= 15 is 0 Å². The Labute approximate surface area is 186 Å². The molecule has 0 spiro atoms. The van der Waals surface area contributed by atoms with Gasteiger partial charge in [-0.05, 0) is 42.5 Å². The normalized spacial score (nSPS) is 26.3. The lowest BCUT2D eigenvalue weighted by Crippen LogP contribution is -2.32. The number of ketones is 1. The number of benzene rings is 2. The van der Waals surface area contributed by atoms with Gasteiger partial charge in [-0.15, -0.1) is 0 Å². The molecule has 2 heterocycles. The first-order chi connectivity index (χ1) is 14.7. The van der Waals surface area contributed by atoms with Crippen molar-refractivity contribution in [2.45, 2.75) is 57.8 Å². The molecule has 0 aromatic heterocycles. The Balaban J connectivity index is 1.68. The number of Topliss-reactive ketones (excluding diaryl/α,β-unsaturated/α-hetero) is 1. The van der Waals surface area contributed by atoms with E-state index in [1.165, 1.54) is 33.9 Å². The molecule has 3 heteroatoms. The Bertz CT molecular complexity index is 1080. The number of allylic oxidation sites excluding steroid dienone is 4. The molecule has 0 N–H and O–H groups in total. The van der Waals surface area contributed by atoms with Gasteiger partial charge < -0.3 is 9.80 Å². The average molecular weight is 413 g/mol. The number of hydrogen-bond donors (Lipinski definition) is 0. The zero-order valence-corrected chi connectivity index (χ0v) is 19.5. The lowest BCUT2D eigenvalue weighted by atomic mass is 9.75. The van der Waals surface area contributed by atoms with Crippen molar-refractivity contribution in [3.05, 3.63) is 82.2 Å². The maximum Gasteiger partial charge on any atom is 0.188 e. The standard InChI is InChI=1S/C28H32N2O/c1-27(2)20-14-7-9-16-22(20)29(5)25(27)18-12-11-13-19(24(18)31)26-28(3,4)21-15-8-10-17-23(21)30(26)6/h7-10,14-17H,11-13H2,1-6H3/b25-18-,26-19+. The van der Waals surface area contributed by atoms with Crippen molar-refractivity contribution in [3.63, 3.8) is 0 Å². The van der Waals surface area contributed by atoms with Gasteiger partial charge >= 0.3 is 0 Å². The van der Waals surface area contributed by atoms with Gasteiger partial charge in [-0.2, -0.15) is 0 Å². The third kappa shape index (κ3) is 2.62. The molecule has 1 aliphatic carbocycles. The Morgan fingerprint density at radius 3 is 1.45 bits per heavy atom. The second kappa shape index (κ2) is 6.59. The smallest absolute Gasteiger partial charge is 0.188 e. The van der Waals surface area contributed by atoms with E-state index in [4.69, 9.17) is 0 Å². The largest absolute Gasteiger partial charge is 0.347 e. The van der Waals surface area contributed by atoms with Crippen molar-refractivity contribution in [2.24, 2.45) is 0 Å². The predicted molar refractivity (Wildman–Crippen MR) is 129 cm³/mol. The predicted octanol–water partition coefficient (Wildman–Crippen LogP) is 6.10. The van der Waals surface area contributed by atoms with Crippen molar-refractivity contribution in [1.82, 2.24) is 0 Å². The molecular weight excluding hydrogens is 380 g/mol. The van der Waals surface area contributed by atoms with Gasteiger partial charge in [-0.25, -0.2) is 0 Å². The first-order valence-corrected chi connectivity index (χ1v) is 11.4. The fraction of sp³-hybridized carbons (Fsp3) is 0.393. The summed E-state index contributed by atoms with van der Waals surface area (Å²) in [5.74, 6) is 0.247. The van der Waals surface area contributed by atoms with E-state index in [1.54, 1.807) is 0 Å². The average Bonchev–Trinajstić information content (AvgIpc) is 3.07. The van der Waals surface area contributed by atoms with E-state index in [9.17, 15) is 4.79 Å². The molecule has 1 fully saturated rings. The summed E-state index contributed by atoms with van der Waals surface area (Å²) in [5.41, 5.74) is 9.03. The number of para-hydroxylation sites is 2. The van der Waals surface area contributed by atoms with Crippen molar-refractivity contribution in [1.29, 1.82) is 0 Å². The molecule has 2 aromatic carbocycles. The summed E-state index contributed by atoms with van der Waals surface area (Å²) in [6, 6.07) is 17.1. The van der Waals surface area contributed by atoms with Crippen molar-refractivity contribution in [2.75, 3.05) is 23.9 Å². The second-order valence-corrected chi connectivity index (χ2v) is 10.2. The minimum Gasteiger partial charge on any atom is -0.347 e. The number of nitrogens with zero attached hydrogens (tertiary/aromatic N) is 2. The highest BCUT2D eigenvalue weighted by molar-refractivity contribution is 6.11. The fourth-order valence-corrected chi connectivity index (χ4v) is 6.39. The van der Waals surface area contributed by atoms with Gasteiger partial charge in [0.05, 0.1) is 0 Å². The summed E-state index contributed by atoms with van der Waals surface area (Å²) in [7, 11) is 4.23. The van der Waals surface area contributed by atoms with Gasteiger partial charge in [0.1, 0.15) is 0 Å². The van der Waals surface area contributed by atoms with Crippen LogP contribution < -0.4 is 9.80 Å². The molecule has 2 aliphatic heterocycles. The summed E-state index contributed by atoms with van der Waals surface area (Å²) in [5, 5.41) is 0. The molecule has 3 aliphatic rings. The van der Waals surface area contributed by atoms with Crippen LogP contribution >= 0.6 is 0 Å². The van der Waals surface area contributed by atoms with Crippen LogP contribution in [0.5, 0.6) is 0 Å². The van der Waals surface area contributed by atoms with Gasteiger partial charge in [0.25, 0.3) is 0 Å². The van der Waals surface area contributed by atoms with Crippen molar-refractivity contribution in [3.8, 4) is 0 Å². The lowest BCUT2D eigenvalue weighted by Gasteiger charge is -2.33. The molecule has 3 nitrogen and oxygen atoms in total. The maximum absolute atomic E-state index is 14.1. The molecule has 0 unspecified atom stereocenters. The van der Waals surface area contributed by atoms with Gasteiger partial charge in [0.2, 0.25) is 0 Å². The molecule has 31 heavy (non-hydrogen) atoms. The molecule has 0 atom stereocenters. The van der Waals surface area contributed by atoms with Crippen molar-refractivity contribution < 1.29 is 4.79 Å². The van der Waals surface area contributed by atoms with Crippen LogP contribution in [0.25, 0.3) is 0 Å². The quantitative estimate of drug-likeness (QED) is 0.488. The molecule has 0 radical (unpaired) electrons. The van der Waals surface area contributed by atoms with Gasteiger partial charge in [-0.1, -0.05) is 64.1 Å². The topological polar surface area (TPSA) is 23.6 Å². The van der Waals surface area contributed by atoms with E-state index in [0.717, 1.165) is 30.4 Å². The van der Waals surface area contributed by atoms with Crippen LogP contribution in [-0.4, -0.2) is 19.9 Å². The lowest BCUT2D eigenvalue weighted by molar-refractivity contribution is -0.113. The zero-order valence-electron chi connectivity index (χ0n) is 19.5. The van der Waals surface area contributed by atoms with E-state index in [2.05, 4.69) is 100 Å². The summed E-state index contributed by atoms with van der Waals surface area (Å²) in [6.07, 6.45) is 2.72. The minimum absolute atomic E-state index is 0.177. The number of carbonyl (C=O) groups is 1. The van der Waals surface area contributed by atoms with E-state index in [-0.39, 0.29) is 16.6 Å². The zero-order chi connectivity index (χ0) is 22.1. The van der Waals surface area contributed by atoms with Gasteiger partial charge in [0.15, 0.2) is 5.78 Å². The monoisotopic (exact) mass is 412 g/mol. The summed E-state index contributed by atoms with van der Waals surface area (Å²) >= 11 is 0. The van der Waals surface area contributed by atoms with Crippen LogP contribution in [0.4, 0.5) is 11.4 Å². The molecular formula is C28H32N2O. The first-order valence-electron chi connectivity index (χ1n) is 11.4. The Kier molecular flexibility index (Phi) is 4.28. The van der Waals surface area contributed by atoms with Crippen LogP contribution in [0.1, 0.15) is 58.1 Å². The van der Waals surface area contributed by atoms with E-state index in [1.807, 2.05) is 0 Å². The Morgan fingerprint density at radius 1 is 0.677 bits per heavy atom. The number of carbonyl (C=O) groups excluding carboxylic acids is 1. The molecule has 0 bridgehead atoms. The van der Waals surface area contributed by atoms with E-state index < -0.39 is 0 Å². The third-order valence-corrected chi connectivity index (χ3v) is 7.71. The number of hydrogen-bond acceptors (Lipinski definition) is 3. The first kappa shape index (κ1) is 20.1. The van der Waals surface area contributed by atoms with Crippen LogP contribution in [0.2, 0.25) is 0 Å². The van der Waals surface area contributed by atoms with Gasteiger partial charge in [-0.3, -0.25) is 4.79 Å². The summed E-state index contributed by atoms with van der Waals surface area (Å²) in [4.78, 5) is 18.6. The highest BCUT2D eigenvalue weighted by atomic mass is 16.1. The number of rotatable bonds is 0. The van der Waals surface area contributed by atoms with Crippen LogP contribution in [0.15, 0.2) is 71.1 Å². The molecule has 0 saturated heterocycles. The summed E-state index contributed by atoms with van der Waals surface area (Å²) in [6.45, 7) is 9.03. The number of anilines is 2. The Morgan fingerprint density at radius 2 is 1.06 bits per heavy atom. The van der Waals surface area contributed by atoms with Gasteiger partial charge in [0, 0.05) is 58.8 Å². The molecule has 1 saturated carbocycles. The minimum atomic E-state index is -0.177. The number of fused-ring (bicyclic) bond motifs is 2. The molecule has 5 rings (SSSR count). The van der Waals surface area contributed by atoms with Crippen LogP contribution in [0.3, 0.4) is 0 Å². The van der Waals surface area contributed by atoms with Crippen molar-refractivity contribution >= 4 is 17.2 Å². The SMILES string of the molecule is CN1/C(=C2/CCC/C(=C3\N(C)c4ccccc4C3(C)C)C2=O)C(C)(C)c2ccccc21. The fourth-order valence-electron chi connectivity index (χ4n) is 6.39. The summed E-state index contributed by atoms with van der Waals surface area (Å²) < 4.78 is 0. The third-order valence-electron chi connectivity index (χ3n) is 7.71.